The van der Waals surface area contributed by atoms with Gasteiger partial charge in [-0.15, -0.1) is 0 Å². The molecule has 0 unspecified atom stereocenters. The number of rotatable bonds is 5. The van der Waals surface area contributed by atoms with Crippen LogP contribution >= 0.6 is 0 Å². The molecule has 2 heterocycles. The Morgan fingerprint density at radius 3 is 2.70 bits per heavy atom. The number of amides is 2. The maximum absolute atomic E-state index is 13.4. The Hall–Kier alpha value is -3.16. The first-order valence-corrected chi connectivity index (χ1v) is 8.68. The van der Waals surface area contributed by atoms with Crippen LogP contribution in [0.15, 0.2) is 36.7 Å². The van der Waals surface area contributed by atoms with Crippen LogP contribution in [-0.2, 0) is 13.6 Å². The Morgan fingerprint density at radius 2 is 2.04 bits per heavy atom. The van der Waals surface area contributed by atoms with Crippen molar-refractivity contribution in [1.82, 2.24) is 24.9 Å². The number of nitrogens with zero attached hydrogens (tertiary/aromatic N) is 4. The highest BCUT2D eigenvalue weighted by Gasteiger charge is 2.17. The van der Waals surface area contributed by atoms with Gasteiger partial charge in [-0.25, -0.2) is 13.9 Å². The van der Waals surface area contributed by atoms with E-state index in [2.05, 4.69) is 20.8 Å². The molecule has 2 aromatic heterocycles. The van der Waals surface area contributed by atoms with E-state index < -0.39 is 0 Å². The second-order valence-corrected chi connectivity index (χ2v) is 6.59. The summed E-state index contributed by atoms with van der Waals surface area (Å²) in [6.07, 6.45) is 3.42. The van der Waals surface area contributed by atoms with E-state index in [4.69, 9.17) is 0 Å². The molecule has 0 bridgehead atoms. The molecule has 3 rings (SSSR count). The van der Waals surface area contributed by atoms with Gasteiger partial charge in [0.1, 0.15) is 11.6 Å². The Bertz CT molecular complexity index is 961. The first kappa shape index (κ1) is 18.6. The summed E-state index contributed by atoms with van der Waals surface area (Å²) < 4.78 is 16.8. The number of aromatic nitrogens is 4. The molecule has 0 saturated heterocycles. The van der Waals surface area contributed by atoms with E-state index in [0.29, 0.717) is 12.4 Å². The average molecular weight is 370 g/mol. The van der Waals surface area contributed by atoms with Gasteiger partial charge < -0.3 is 5.32 Å². The number of hydrogen-bond donors (Lipinski definition) is 2. The average Bonchev–Trinajstić information content (AvgIpc) is 3.12. The van der Waals surface area contributed by atoms with Gasteiger partial charge in [0.2, 0.25) is 0 Å². The molecule has 0 aliphatic carbocycles. The molecule has 2 N–H and O–H groups in total. The lowest BCUT2D eigenvalue weighted by Gasteiger charge is -2.16. The molecule has 1 aromatic carbocycles. The van der Waals surface area contributed by atoms with E-state index in [0.717, 1.165) is 22.4 Å². The minimum absolute atomic E-state index is 0.196. The molecule has 0 aliphatic heterocycles. The van der Waals surface area contributed by atoms with E-state index in [-0.39, 0.29) is 17.9 Å². The highest BCUT2D eigenvalue weighted by Crippen LogP contribution is 2.18. The van der Waals surface area contributed by atoms with Crippen LogP contribution in [0.5, 0.6) is 0 Å². The van der Waals surface area contributed by atoms with E-state index in [1.165, 1.54) is 12.1 Å². The fourth-order valence-electron chi connectivity index (χ4n) is 2.93. The molecule has 142 valence electrons. The standard InChI is InChI=1S/C19H23FN6O/c1-12-9-22-26(11-15-6-5-7-16(20)8-15)18(12)24-19(27)23-13(2)17-10-21-25(4)14(17)3/h5-10,13H,11H2,1-4H3,(H2,23,24,27)/t13-/m0/s1. The van der Waals surface area contributed by atoms with Crippen molar-refractivity contribution in [1.29, 1.82) is 0 Å². The van der Waals surface area contributed by atoms with Crippen molar-refractivity contribution < 1.29 is 9.18 Å². The molecule has 8 heteroatoms. The predicted octanol–water partition coefficient (Wildman–Crippen LogP) is 3.30. The zero-order valence-electron chi connectivity index (χ0n) is 15.8. The number of anilines is 1. The summed E-state index contributed by atoms with van der Waals surface area (Å²) >= 11 is 0. The molecule has 7 nitrogen and oxygen atoms in total. The number of nitrogens with one attached hydrogen (secondary N) is 2. The summed E-state index contributed by atoms with van der Waals surface area (Å²) in [6, 6.07) is 5.78. The van der Waals surface area contributed by atoms with Gasteiger partial charge in [-0.2, -0.15) is 10.2 Å². The predicted molar refractivity (Wildman–Crippen MR) is 101 cm³/mol. The van der Waals surface area contributed by atoms with E-state index in [1.54, 1.807) is 27.8 Å². The van der Waals surface area contributed by atoms with Crippen LogP contribution in [0.2, 0.25) is 0 Å². The summed E-state index contributed by atoms with van der Waals surface area (Å²) in [4.78, 5) is 12.5. The van der Waals surface area contributed by atoms with Crippen LogP contribution in [0, 0.1) is 19.7 Å². The zero-order chi connectivity index (χ0) is 19.6. The Labute approximate surface area is 157 Å². The fraction of sp³-hybridized carbons (Fsp3) is 0.316. The minimum atomic E-state index is -0.338. The van der Waals surface area contributed by atoms with Crippen LogP contribution in [-0.4, -0.2) is 25.6 Å². The lowest BCUT2D eigenvalue weighted by Crippen LogP contribution is -2.32. The molecular weight excluding hydrogens is 347 g/mol. The summed E-state index contributed by atoms with van der Waals surface area (Å²) in [5.41, 5.74) is 3.54. The Morgan fingerprint density at radius 1 is 1.26 bits per heavy atom. The maximum Gasteiger partial charge on any atom is 0.320 e. The normalized spacial score (nSPS) is 12.0. The van der Waals surface area contributed by atoms with Crippen molar-refractivity contribution in [3.05, 3.63) is 64.9 Å². The molecule has 0 aliphatic rings. The third kappa shape index (κ3) is 4.16. The number of aryl methyl sites for hydroxylation is 2. The van der Waals surface area contributed by atoms with Crippen molar-refractivity contribution in [3.8, 4) is 0 Å². The first-order valence-electron chi connectivity index (χ1n) is 8.68. The van der Waals surface area contributed by atoms with Crippen LogP contribution in [0.1, 0.15) is 35.3 Å². The zero-order valence-corrected chi connectivity index (χ0v) is 15.8. The third-order valence-corrected chi connectivity index (χ3v) is 4.56. The maximum atomic E-state index is 13.4. The second kappa shape index (κ2) is 7.61. The molecule has 3 aromatic rings. The van der Waals surface area contributed by atoms with Crippen LogP contribution < -0.4 is 10.6 Å². The molecule has 2 amide bonds. The van der Waals surface area contributed by atoms with E-state index in [9.17, 15) is 9.18 Å². The highest BCUT2D eigenvalue weighted by atomic mass is 19.1. The number of carbonyl (C=O) groups is 1. The number of carbonyl (C=O) groups excluding carboxylic acids is 1. The summed E-state index contributed by atoms with van der Waals surface area (Å²) in [5.74, 6) is 0.274. The lowest BCUT2D eigenvalue weighted by molar-refractivity contribution is 0.249. The van der Waals surface area contributed by atoms with E-state index >= 15 is 0 Å². The number of halogens is 1. The van der Waals surface area contributed by atoms with Gasteiger partial charge in [-0.1, -0.05) is 12.1 Å². The van der Waals surface area contributed by atoms with Crippen molar-refractivity contribution in [3.63, 3.8) is 0 Å². The second-order valence-electron chi connectivity index (χ2n) is 6.59. The van der Waals surface area contributed by atoms with Gasteiger partial charge in [0.25, 0.3) is 0 Å². The lowest BCUT2D eigenvalue weighted by atomic mass is 10.1. The summed E-state index contributed by atoms with van der Waals surface area (Å²) in [5, 5.41) is 14.3. The molecular formula is C19H23FN6O. The number of hydrogen-bond acceptors (Lipinski definition) is 3. The molecule has 0 spiro atoms. The van der Waals surface area contributed by atoms with Crippen LogP contribution in [0.4, 0.5) is 15.0 Å². The van der Waals surface area contributed by atoms with Crippen LogP contribution in [0.3, 0.4) is 0 Å². The Kier molecular flexibility index (Phi) is 5.25. The SMILES string of the molecule is Cc1cnn(Cc2cccc(F)c2)c1NC(=O)N[C@@H](C)c1cnn(C)c1C. The fourth-order valence-corrected chi connectivity index (χ4v) is 2.93. The van der Waals surface area contributed by atoms with Crippen molar-refractivity contribution in [2.75, 3.05) is 5.32 Å². The Balaban J connectivity index is 1.71. The van der Waals surface area contributed by atoms with Gasteiger partial charge >= 0.3 is 6.03 Å². The van der Waals surface area contributed by atoms with Crippen molar-refractivity contribution in [2.45, 2.75) is 33.4 Å². The van der Waals surface area contributed by atoms with Gasteiger partial charge in [0.05, 0.1) is 25.0 Å². The van der Waals surface area contributed by atoms with Crippen molar-refractivity contribution in [2.24, 2.45) is 7.05 Å². The quantitative estimate of drug-likeness (QED) is 0.723. The molecule has 0 fully saturated rings. The minimum Gasteiger partial charge on any atom is -0.331 e. The monoisotopic (exact) mass is 370 g/mol. The smallest absolute Gasteiger partial charge is 0.320 e. The highest BCUT2D eigenvalue weighted by molar-refractivity contribution is 5.89. The molecule has 1 atom stereocenters. The van der Waals surface area contributed by atoms with Crippen molar-refractivity contribution >= 4 is 11.8 Å². The van der Waals surface area contributed by atoms with Gasteiger partial charge in [0, 0.05) is 23.9 Å². The van der Waals surface area contributed by atoms with Gasteiger partial charge in [0.15, 0.2) is 0 Å². The molecule has 27 heavy (non-hydrogen) atoms. The first-order chi connectivity index (χ1) is 12.8. The number of urea groups is 1. The summed E-state index contributed by atoms with van der Waals surface area (Å²) in [6.45, 7) is 6.08. The van der Waals surface area contributed by atoms with E-state index in [1.807, 2.05) is 33.9 Å². The largest absolute Gasteiger partial charge is 0.331 e. The molecule has 0 radical (unpaired) electrons. The van der Waals surface area contributed by atoms with Gasteiger partial charge in [-0.05, 0) is 38.5 Å². The summed E-state index contributed by atoms with van der Waals surface area (Å²) in [7, 11) is 1.86. The third-order valence-electron chi connectivity index (χ3n) is 4.56. The van der Waals surface area contributed by atoms with Crippen LogP contribution in [0.25, 0.3) is 0 Å². The van der Waals surface area contributed by atoms with Gasteiger partial charge in [-0.3, -0.25) is 10.00 Å². The topological polar surface area (TPSA) is 76.8 Å². The number of benzene rings is 1. The molecule has 0 saturated carbocycles.